The fourth-order valence-corrected chi connectivity index (χ4v) is 2.33. The summed E-state index contributed by atoms with van der Waals surface area (Å²) in [6, 6.07) is 15.2. The highest BCUT2D eigenvalue weighted by molar-refractivity contribution is 6.06. The van der Waals surface area contributed by atoms with Gasteiger partial charge in [0.1, 0.15) is 5.75 Å². The Hall–Kier alpha value is -2.88. The van der Waals surface area contributed by atoms with Gasteiger partial charge in [0, 0.05) is 29.9 Å². The number of aromatic nitrogens is 1. The first-order valence-corrected chi connectivity index (χ1v) is 7.02. The Morgan fingerprint density at radius 3 is 2.73 bits per heavy atom. The molecule has 4 nitrogen and oxygen atoms in total. The van der Waals surface area contributed by atoms with Crippen LogP contribution in [0.15, 0.2) is 60.9 Å². The number of hydrogen-bond acceptors (Lipinski definition) is 3. The van der Waals surface area contributed by atoms with Crippen LogP contribution >= 0.6 is 0 Å². The molecule has 2 aromatic carbocycles. The molecule has 0 aliphatic heterocycles. The summed E-state index contributed by atoms with van der Waals surface area (Å²) >= 11 is 0. The number of benzene rings is 2. The maximum Gasteiger partial charge on any atom is 0.252 e. The lowest BCUT2D eigenvalue weighted by Gasteiger charge is -2.08. The SMILES string of the molecule is COc1ccc(CNC(=O)c2cccc3ccncc23)cc1. The van der Waals surface area contributed by atoms with Crippen molar-refractivity contribution in [3.63, 3.8) is 0 Å². The van der Waals surface area contributed by atoms with E-state index < -0.39 is 0 Å². The molecule has 0 spiro atoms. The number of pyridine rings is 1. The zero-order chi connectivity index (χ0) is 15.4. The van der Waals surface area contributed by atoms with Crippen molar-refractivity contribution < 1.29 is 9.53 Å². The second-order valence-corrected chi connectivity index (χ2v) is 4.93. The third kappa shape index (κ3) is 2.91. The number of carbonyl (C=O) groups is 1. The molecule has 0 aliphatic rings. The Labute approximate surface area is 128 Å². The van der Waals surface area contributed by atoms with Gasteiger partial charge in [0.15, 0.2) is 0 Å². The molecule has 0 fully saturated rings. The van der Waals surface area contributed by atoms with Crippen molar-refractivity contribution >= 4 is 16.7 Å². The van der Waals surface area contributed by atoms with Crippen LogP contribution in [0.5, 0.6) is 5.75 Å². The van der Waals surface area contributed by atoms with Gasteiger partial charge in [-0.1, -0.05) is 24.3 Å². The minimum absolute atomic E-state index is 0.102. The molecule has 110 valence electrons. The Bertz CT molecular complexity index is 792. The van der Waals surface area contributed by atoms with E-state index in [-0.39, 0.29) is 5.91 Å². The van der Waals surface area contributed by atoms with E-state index in [1.165, 1.54) is 0 Å². The summed E-state index contributed by atoms with van der Waals surface area (Å²) in [6.07, 6.45) is 3.44. The molecule has 4 heteroatoms. The van der Waals surface area contributed by atoms with Crippen LogP contribution in [0.4, 0.5) is 0 Å². The van der Waals surface area contributed by atoms with Crippen LogP contribution in [0.25, 0.3) is 10.8 Å². The maximum absolute atomic E-state index is 12.4. The molecule has 0 radical (unpaired) electrons. The smallest absolute Gasteiger partial charge is 0.252 e. The molecule has 0 bridgehead atoms. The van der Waals surface area contributed by atoms with Crippen molar-refractivity contribution in [2.24, 2.45) is 0 Å². The summed E-state index contributed by atoms with van der Waals surface area (Å²) in [7, 11) is 1.63. The molecule has 0 aliphatic carbocycles. The first-order valence-electron chi connectivity index (χ1n) is 7.02. The van der Waals surface area contributed by atoms with Gasteiger partial charge >= 0.3 is 0 Å². The van der Waals surface area contributed by atoms with Gasteiger partial charge in [-0.15, -0.1) is 0 Å². The minimum Gasteiger partial charge on any atom is -0.497 e. The number of carbonyl (C=O) groups excluding carboxylic acids is 1. The molecule has 3 rings (SSSR count). The zero-order valence-electron chi connectivity index (χ0n) is 12.2. The number of nitrogens with one attached hydrogen (secondary N) is 1. The molecular weight excluding hydrogens is 276 g/mol. The third-order valence-electron chi connectivity index (χ3n) is 3.54. The first-order chi connectivity index (χ1) is 10.8. The van der Waals surface area contributed by atoms with Gasteiger partial charge in [0.2, 0.25) is 0 Å². The average Bonchev–Trinajstić information content (AvgIpc) is 2.59. The third-order valence-corrected chi connectivity index (χ3v) is 3.54. The van der Waals surface area contributed by atoms with Crippen LogP contribution in [0.2, 0.25) is 0 Å². The summed E-state index contributed by atoms with van der Waals surface area (Å²) in [5.74, 6) is 0.699. The van der Waals surface area contributed by atoms with Crippen LogP contribution in [-0.2, 0) is 6.54 Å². The minimum atomic E-state index is -0.102. The van der Waals surface area contributed by atoms with E-state index in [4.69, 9.17) is 4.74 Å². The van der Waals surface area contributed by atoms with Gasteiger partial charge in [0.05, 0.1) is 7.11 Å². The van der Waals surface area contributed by atoms with Crippen LogP contribution < -0.4 is 10.1 Å². The van der Waals surface area contributed by atoms with E-state index >= 15 is 0 Å². The molecule has 1 amide bonds. The Morgan fingerprint density at radius 1 is 1.14 bits per heavy atom. The van der Waals surface area contributed by atoms with Crippen LogP contribution in [-0.4, -0.2) is 18.0 Å². The summed E-state index contributed by atoms with van der Waals surface area (Å²) in [5.41, 5.74) is 1.66. The van der Waals surface area contributed by atoms with Crippen molar-refractivity contribution in [3.05, 3.63) is 72.1 Å². The van der Waals surface area contributed by atoms with Crippen molar-refractivity contribution in [1.82, 2.24) is 10.3 Å². The molecule has 1 aromatic heterocycles. The number of methoxy groups -OCH3 is 1. The topological polar surface area (TPSA) is 51.2 Å². The van der Waals surface area contributed by atoms with Crippen LogP contribution in [0.1, 0.15) is 15.9 Å². The Kier molecular flexibility index (Phi) is 4.01. The molecule has 22 heavy (non-hydrogen) atoms. The predicted octanol–water partition coefficient (Wildman–Crippen LogP) is 3.17. The number of hydrogen-bond donors (Lipinski definition) is 1. The summed E-state index contributed by atoms with van der Waals surface area (Å²) < 4.78 is 5.12. The highest BCUT2D eigenvalue weighted by Gasteiger charge is 2.09. The summed E-state index contributed by atoms with van der Waals surface area (Å²) in [4.78, 5) is 16.5. The van der Waals surface area contributed by atoms with Gasteiger partial charge in [-0.05, 0) is 35.2 Å². The molecule has 0 saturated carbocycles. The van der Waals surface area contributed by atoms with Crippen LogP contribution in [0, 0.1) is 0 Å². The second-order valence-electron chi connectivity index (χ2n) is 4.93. The molecule has 0 atom stereocenters. The van der Waals surface area contributed by atoms with Gasteiger partial charge < -0.3 is 10.1 Å². The van der Waals surface area contributed by atoms with E-state index in [0.29, 0.717) is 12.1 Å². The summed E-state index contributed by atoms with van der Waals surface area (Å²) in [5, 5.41) is 4.80. The number of amides is 1. The van der Waals surface area contributed by atoms with Crippen molar-refractivity contribution in [3.8, 4) is 5.75 Å². The molecular formula is C18H16N2O2. The quantitative estimate of drug-likeness (QED) is 0.803. The number of ether oxygens (including phenoxy) is 1. The lowest BCUT2D eigenvalue weighted by molar-refractivity contribution is 0.0952. The van der Waals surface area contributed by atoms with Gasteiger partial charge in [-0.2, -0.15) is 0 Å². The largest absolute Gasteiger partial charge is 0.497 e. The van der Waals surface area contributed by atoms with E-state index in [2.05, 4.69) is 10.3 Å². The molecule has 3 aromatic rings. The number of rotatable bonds is 4. The van der Waals surface area contributed by atoms with Crippen molar-refractivity contribution in [2.75, 3.05) is 7.11 Å². The molecule has 0 unspecified atom stereocenters. The Morgan fingerprint density at radius 2 is 1.95 bits per heavy atom. The standard InChI is InChI=1S/C18H16N2O2/c1-22-15-7-5-13(6-8-15)11-20-18(21)16-4-2-3-14-9-10-19-12-17(14)16/h2-10,12H,11H2,1H3,(H,20,21). The van der Waals surface area contributed by atoms with E-state index in [0.717, 1.165) is 22.1 Å². The fraction of sp³-hybridized carbons (Fsp3) is 0.111. The highest BCUT2D eigenvalue weighted by Crippen LogP contribution is 2.17. The monoisotopic (exact) mass is 292 g/mol. The van der Waals surface area contributed by atoms with Crippen molar-refractivity contribution in [1.29, 1.82) is 0 Å². The first kappa shape index (κ1) is 14.1. The van der Waals surface area contributed by atoms with E-state index in [9.17, 15) is 4.79 Å². The highest BCUT2D eigenvalue weighted by atomic mass is 16.5. The van der Waals surface area contributed by atoms with Gasteiger partial charge in [-0.25, -0.2) is 0 Å². The van der Waals surface area contributed by atoms with Gasteiger partial charge in [-0.3, -0.25) is 9.78 Å². The Balaban J connectivity index is 1.75. The maximum atomic E-state index is 12.4. The molecule has 1 heterocycles. The molecule has 1 N–H and O–H groups in total. The lowest BCUT2D eigenvalue weighted by Crippen LogP contribution is -2.23. The summed E-state index contributed by atoms with van der Waals surface area (Å²) in [6.45, 7) is 0.472. The number of nitrogens with zero attached hydrogens (tertiary/aromatic N) is 1. The van der Waals surface area contributed by atoms with E-state index in [1.54, 1.807) is 19.5 Å². The number of fused-ring (bicyclic) bond motifs is 1. The van der Waals surface area contributed by atoms with Gasteiger partial charge in [0.25, 0.3) is 5.91 Å². The average molecular weight is 292 g/mol. The lowest BCUT2D eigenvalue weighted by atomic mass is 10.1. The molecule has 0 saturated heterocycles. The normalized spacial score (nSPS) is 10.4. The zero-order valence-corrected chi connectivity index (χ0v) is 12.2. The van der Waals surface area contributed by atoms with E-state index in [1.807, 2.05) is 48.5 Å². The second kappa shape index (κ2) is 6.26. The fourth-order valence-electron chi connectivity index (χ4n) is 2.33. The van der Waals surface area contributed by atoms with Crippen LogP contribution in [0.3, 0.4) is 0 Å². The van der Waals surface area contributed by atoms with Crippen molar-refractivity contribution in [2.45, 2.75) is 6.54 Å². The predicted molar refractivity (Wildman–Crippen MR) is 85.9 cm³/mol.